The molecule has 0 bridgehead atoms. The molecule has 0 saturated heterocycles. The molecule has 1 aromatic carbocycles. The lowest BCUT2D eigenvalue weighted by atomic mass is 10.1. The third-order valence-corrected chi connectivity index (χ3v) is 3.22. The number of carboxylic acid groups (broad SMARTS) is 1. The molecule has 1 unspecified atom stereocenters. The Hall–Kier alpha value is -1.69. The van der Waals surface area contributed by atoms with Crippen LogP contribution in [0.25, 0.3) is 0 Å². The summed E-state index contributed by atoms with van der Waals surface area (Å²) in [6.07, 6.45) is 0. The first-order chi connectivity index (χ1) is 8.02. The zero-order valence-electron chi connectivity index (χ0n) is 9.21. The number of rotatable bonds is 5. The van der Waals surface area contributed by atoms with Crippen molar-refractivity contribution in [3.8, 4) is 0 Å². The van der Waals surface area contributed by atoms with E-state index in [1.54, 1.807) is 12.1 Å². The van der Waals surface area contributed by atoms with Crippen LogP contribution in [0.2, 0.25) is 0 Å². The van der Waals surface area contributed by atoms with E-state index < -0.39 is 22.7 Å². The van der Waals surface area contributed by atoms with Crippen molar-refractivity contribution < 1.29 is 23.6 Å². The SMILES string of the molecule is COC(=O)CS(=O)Cc1cccc(C(=O)O)c1. The molecule has 0 aromatic heterocycles. The van der Waals surface area contributed by atoms with Crippen LogP contribution >= 0.6 is 0 Å². The molecule has 0 aliphatic rings. The summed E-state index contributed by atoms with van der Waals surface area (Å²) in [5.74, 6) is -1.63. The van der Waals surface area contributed by atoms with Crippen molar-refractivity contribution in [2.45, 2.75) is 5.75 Å². The first-order valence-corrected chi connectivity index (χ1v) is 6.25. The van der Waals surface area contributed by atoms with Crippen LogP contribution in [0.15, 0.2) is 24.3 Å². The van der Waals surface area contributed by atoms with Gasteiger partial charge in [0.15, 0.2) is 0 Å². The van der Waals surface area contributed by atoms with Crippen molar-refractivity contribution in [3.05, 3.63) is 35.4 Å². The summed E-state index contributed by atoms with van der Waals surface area (Å²) in [6, 6.07) is 6.14. The Morgan fingerprint density at radius 1 is 1.41 bits per heavy atom. The molecule has 0 amide bonds. The van der Waals surface area contributed by atoms with Gasteiger partial charge < -0.3 is 9.84 Å². The summed E-state index contributed by atoms with van der Waals surface area (Å²) in [5.41, 5.74) is 0.754. The van der Waals surface area contributed by atoms with E-state index in [4.69, 9.17) is 5.11 Å². The van der Waals surface area contributed by atoms with Crippen LogP contribution in [0.3, 0.4) is 0 Å². The van der Waals surface area contributed by atoms with Gasteiger partial charge in [-0.1, -0.05) is 12.1 Å². The Balaban J connectivity index is 2.68. The number of carboxylic acids is 1. The Labute approximate surface area is 101 Å². The van der Waals surface area contributed by atoms with Gasteiger partial charge in [-0.25, -0.2) is 4.79 Å². The number of methoxy groups -OCH3 is 1. The number of benzene rings is 1. The molecule has 6 heteroatoms. The second kappa shape index (κ2) is 6.15. The number of hydrogen-bond donors (Lipinski definition) is 1. The Kier molecular flexibility index (Phi) is 4.84. The molecule has 92 valence electrons. The second-order valence-corrected chi connectivity index (χ2v) is 4.77. The molecule has 1 aromatic rings. The minimum absolute atomic E-state index is 0.135. The highest BCUT2D eigenvalue weighted by atomic mass is 32.2. The third kappa shape index (κ3) is 4.36. The molecule has 1 N–H and O–H groups in total. The number of aromatic carboxylic acids is 1. The fraction of sp³-hybridized carbons (Fsp3) is 0.273. The Morgan fingerprint density at radius 2 is 2.12 bits per heavy atom. The quantitative estimate of drug-likeness (QED) is 0.788. The van der Waals surface area contributed by atoms with E-state index in [1.807, 2.05) is 0 Å². The average Bonchev–Trinajstić information content (AvgIpc) is 2.28. The monoisotopic (exact) mass is 256 g/mol. The smallest absolute Gasteiger partial charge is 0.335 e. The van der Waals surface area contributed by atoms with Crippen molar-refractivity contribution in [3.63, 3.8) is 0 Å². The summed E-state index contributed by atoms with van der Waals surface area (Å²) in [7, 11) is -0.163. The fourth-order valence-electron chi connectivity index (χ4n) is 1.22. The first-order valence-electron chi connectivity index (χ1n) is 4.77. The van der Waals surface area contributed by atoms with Gasteiger partial charge >= 0.3 is 11.9 Å². The largest absolute Gasteiger partial charge is 0.478 e. The third-order valence-electron chi connectivity index (χ3n) is 2.01. The van der Waals surface area contributed by atoms with E-state index in [0.29, 0.717) is 5.56 Å². The van der Waals surface area contributed by atoms with Crippen LogP contribution in [-0.4, -0.2) is 34.1 Å². The van der Waals surface area contributed by atoms with Crippen LogP contribution in [0.1, 0.15) is 15.9 Å². The van der Waals surface area contributed by atoms with E-state index in [9.17, 15) is 13.8 Å². The van der Waals surface area contributed by atoms with Gasteiger partial charge in [0.1, 0.15) is 5.75 Å². The molecule has 5 nitrogen and oxygen atoms in total. The number of esters is 1. The molecule has 0 heterocycles. The van der Waals surface area contributed by atoms with Gasteiger partial charge in [-0.3, -0.25) is 9.00 Å². The summed E-state index contributed by atoms with van der Waals surface area (Å²) in [4.78, 5) is 21.6. The van der Waals surface area contributed by atoms with E-state index in [0.717, 1.165) is 0 Å². The van der Waals surface area contributed by atoms with E-state index in [2.05, 4.69) is 4.74 Å². The van der Waals surface area contributed by atoms with E-state index in [1.165, 1.54) is 19.2 Å². The minimum atomic E-state index is -1.39. The number of carbonyl (C=O) groups excluding carboxylic acids is 1. The van der Waals surface area contributed by atoms with Gasteiger partial charge in [0, 0.05) is 16.6 Å². The normalized spacial score (nSPS) is 11.8. The predicted molar refractivity (Wildman–Crippen MR) is 62.1 cm³/mol. The minimum Gasteiger partial charge on any atom is -0.478 e. The lowest BCUT2D eigenvalue weighted by Gasteiger charge is -2.02. The molecule has 0 radical (unpaired) electrons. The maximum Gasteiger partial charge on any atom is 0.335 e. The van der Waals surface area contributed by atoms with Crippen LogP contribution in [0, 0.1) is 0 Å². The molecule has 0 fully saturated rings. The lowest BCUT2D eigenvalue weighted by molar-refractivity contribution is -0.137. The van der Waals surface area contributed by atoms with Crippen LogP contribution in [0.5, 0.6) is 0 Å². The molecular formula is C11H12O5S. The molecule has 0 spiro atoms. The molecule has 17 heavy (non-hydrogen) atoms. The van der Waals surface area contributed by atoms with Gasteiger partial charge in [0.05, 0.1) is 12.7 Å². The van der Waals surface area contributed by atoms with Gasteiger partial charge in [0.2, 0.25) is 0 Å². The topological polar surface area (TPSA) is 80.7 Å². The van der Waals surface area contributed by atoms with E-state index >= 15 is 0 Å². The van der Waals surface area contributed by atoms with Crippen molar-refractivity contribution in [1.82, 2.24) is 0 Å². The molecule has 0 saturated carbocycles. The maximum atomic E-state index is 11.5. The standard InChI is InChI=1S/C11H12O5S/c1-16-10(12)7-17(15)6-8-3-2-4-9(5-8)11(13)14/h2-5H,6-7H2,1H3,(H,13,14). The summed E-state index contributed by atoms with van der Waals surface area (Å²) >= 11 is 0. The summed E-state index contributed by atoms with van der Waals surface area (Å²) < 4.78 is 15.9. The highest BCUT2D eigenvalue weighted by Crippen LogP contribution is 2.08. The maximum absolute atomic E-state index is 11.5. The molecular weight excluding hydrogens is 244 g/mol. The van der Waals surface area contributed by atoms with Gasteiger partial charge in [0.25, 0.3) is 0 Å². The van der Waals surface area contributed by atoms with Gasteiger partial charge in [-0.05, 0) is 17.7 Å². The Bertz CT molecular complexity index is 455. The van der Waals surface area contributed by atoms with Crippen LogP contribution in [-0.2, 0) is 26.1 Å². The van der Waals surface area contributed by atoms with Crippen LogP contribution < -0.4 is 0 Å². The summed E-state index contributed by atoms with van der Waals surface area (Å²) in [6.45, 7) is 0. The van der Waals surface area contributed by atoms with Crippen molar-refractivity contribution in [2.24, 2.45) is 0 Å². The Morgan fingerprint density at radius 3 is 2.71 bits per heavy atom. The van der Waals surface area contributed by atoms with Crippen molar-refractivity contribution in [2.75, 3.05) is 12.9 Å². The lowest BCUT2D eigenvalue weighted by Crippen LogP contribution is -2.13. The highest BCUT2D eigenvalue weighted by Gasteiger charge is 2.10. The fourth-order valence-corrected chi connectivity index (χ4v) is 2.26. The van der Waals surface area contributed by atoms with Gasteiger partial charge in [-0.2, -0.15) is 0 Å². The highest BCUT2D eigenvalue weighted by molar-refractivity contribution is 7.84. The first kappa shape index (κ1) is 13.4. The van der Waals surface area contributed by atoms with Crippen molar-refractivity contribution in [1.29, 1.82) is 0 Å². The second-order valence-electron chi connectivity index (χ2n) is 3.31. The average molecular weight is 256 g/mol. The zero-order chi connectivity index (χ0) is 12.8. The molecule has 1 atom stereocenters. The molecule has 0 aliphatic carbocycles. The van der Waals surface area contributed by atoms with Crippen LogP contribution in [0.4, 0.5) is 0 Å². The van der Waals surface area contributed by atoms with Gasteiger partial charge in [-0.15, -0.1) is 0 Å². The number of ether oxygens (including phenoxy) is 1. The predicted octanol–water partition coefficient (Wildman–Crippen LogP) is 0.806. The zero-order valence-corrected chi connectivity index (χ0v) is 10.0. The van der Waals surface area contributed by atoms with Crippen molar-refractivity contribution >= 4 is 22.7 Å². The number of hydrogen-bond acceptors (Lipinski definition) is 4. The molecule has 1 rings (SSSR count). The van der Waals surface area contributed by atoms with E-state index in [-0.39, 0.29) is 17.1 Å². The molecule has 0 aliphatic heterocycles. The summed E-state index contributed by atoms with van der Waals surface area (Å²) in [5, 5.41) is 8.78. The number of carbonyl (C=O) groups is 2.